The Kier molecular flexibility index (Phi) is 2.17. The summed E-state index contributed by atoms with van der Waals surface area (Å²) in [6, 6.07) is 0.607. The van der Waals surface area contributed by atoms with Gasteiger partial charge in [0.2, 0.25) is 0 Å². The Balaban J connectivity index is 2.07. The number of nitrogens with zero attached hydrogens (tertiary/aromatic N) is 2. The predicted molar refractivity (Wildman–Crippen MR) is 49.4 cm³/mol. The zero-order valence-corrected chi connectivity index (χ0v) is 7.73. The molecule has 0 amide bonds. The molecule has 69 valence electrons. The van der Waals surface area contributed by atoms with Crippen LogP contribution < -0.4 is 0 Å². The number of carbonyl (C=O) groups excluding carboxylic acids is 1. The van der Waals surface area contributed by atoms with Crippen molar-refractivity contribution in [1.82, 2.24) is 9.55 Å². The molecule has 0 atom stereocenters. The van der Waals surface area contributed by atoms with Crippen LogP contribution in [0.4, 0.5) is 0 Å². The predicted octanol–water partition coefficient (Wildman–Crippen LogP) is 2.01. The van der Waals surface area contributed by atoms with Crippen molar-refractivity contribution in [3.63, 3.8) is 0 Å². The summed E-state index contributed by atoms with van der Waals surface area (Å²) in [4.78, 5) is 15.4. The summed E-state index contributed by atoms with van der Waals surface area (Å²) in [5.41, 5.74) is 0.578. The highest BCUT2D eigenvalue weighted by atomic mass is 16.1. The van der Waals surface area contributed by atoms with Crippen LogP contribution >= 0.6 is 0 Å². The standard InChI is InChI=1S/C10H13N2O/c1-2-3-10(13)9-6-12(7-11-9)8-4-5-8/h3,6-8H,2,4-5H2,1H3. The van der Waals surface area contributed by atoms with E-state index in [0.29, 0.717) is 11.7 Å². The first-order valence-corrected chi connectivity index (χ1v) is 4.72. The first kappa shape index (κ1) is 8.48. The van der Waals surface area contributed by atoms with Gasteiger partial charge in [0.1, 0.15) is 5.69 Å². The highest BCUT2D eigenvalue weighted by molar-refractivity contribution is 6.00. The van der Waals surface area contributed by atoms with Crippen molar-refractivity contribution in [2.75, 3.05) is 0 Å². The molecule has 1 aliphatic rings. The summed E-state index contributed by atoms with van der Waals surface area (Å²) < 4.78 is 2.04. The zero-order valence-electron chi connectivity index (χ0n) is 7.73. The van der Waals surface area contributed by atoms with Gasteiger partial charge in [-0.1, -0.05) is 6.92 Å². The smallest absolute Gasteiger partial charge is 0.186 e. The molecule has 13 heavy (non-hydrogen) atoms. The molecule has 2 rings (SSSR count). The highest BCUT2D eigenvalue weighted by Gasteiger charge is 2.24. The van der Waals surface area contributed by atoms with E-state index in [2.05, 4.69) is 4.98 Å². The van der Waals surface area contributed by atoms with Crippen molar-refractivity contribution >= 4 is 5.78 Å². The summed E-state index contributed by atoms with van der Waals surface area (Å²) in [5.74, 6) is 0.0434. The maximum Gasteiger partial charge on any atom is 0.186 e. The minimum Gasteiger partial charge on any atom is -0.334 e. The largest absolute Gasteiger partial charge is 0.334 e. The van der Waals surface area contributed by atoms with Gasteiger partial charge >= 0.3 is 0 Å². The van der Waals surface area contributed by atoms with E-state index >= 15 is 0 Å². The van der Waals surface area contributed by atoms with E-state index in [9.17, 15) is 4.79 Å². The lowest BCUT2D eigenvalue weighted by atomic mass is 10.2. The first-order valence-electron chi connectivity index (χ1n) is 4.72. The van der Waals surface area contributed by atoms with E-state index in [1.807, 2.05) is 17.7 Å². The van der Waals surface area contributed by atoms with Crippen LogP contribution in [0.15, 0.2) is 12.5 Å². The van der Waals surface area contributed by atoms with Crippen molar-refractivity contribution < 1.29 is 4.79 Å². The monoisotopic (exact) mass is 177 g/mol. The van der Waals surface area contributed by atoms with Gasteiger partial charge in [0, 0.05) is 18.7 Å². The molecule has 1 radical (unpaired) electrons. The minimum atomic E-state index is 0.0434. The number of ketones is 1. The Morgan fingerprint density at radius 3 is 3.15 bits per heavy atom. The molecular weight excluding hydrogens is 164 g/mol. The Morgan fingerprint density at radius 1 is 1.77 bits per heavy atom. The Hall–Kier alpha value is -1.12. The SMILES string of the molecule is CC[CH]C(=O)c1cn(C2CC2)cn1. The van der Waals surface area contributed by atoms with Gasteiger partial charge in [-0.2, -0.15) is 0 Å². The normalized spacial score (nSPS) is 16.1. The molecule has 1 aromatic rings. The average molecular weight is 177 g/mol. The highest BCUT2D eigenvalue weighted by Crippen LogP contribution is 2.34. The van der Waals surface area contributed by atoms with Gasteiger partial charge in [0.25, 0.3) is 0 Å². The van der Waals surface area contributed by atoms with Gasteiger partial charge < -0.3 is 4.57 Å². The maximum atomic E-state index is 11.4. The van der Waals surface area contributed by atoms with Crippen molar-refractivity contribution in [1.29, 1.82) is 0 Å². The third kappa shape index (κ3) is 1.79. The lowest BCUT2D eigenvalue weighted by Gasteiger charge is -1.94. The van der Waals surface area contributed by atoms with E-state index in [4.69, 9.17) is 0 Å². The molecule has 0 unspecified atom stereocenters. The Bertz CT molecular complexity index is 312. The zero-order chi connectivity index (χ0) is 9.26. The molecule has 3 nitrogen and oxygen atoms in total. The van der Waals surface area contributed by atoms with Crippen molar-refractivity contribution in [3.05, 3.63) is 24.6 Å². The van der Waals surface area contributed by atoms with Crippen molar-refractivity contribution in [2.45, 2.75) is 32.2 Å². The van der Waals surface area contributed by atoms with Crippen LogP contribution in [0.2, 0.25) is 0 Å². The van der Waals surface area contributed by atoms with E-state index in [-0.39, 0.29) is 5.78 Å². The number of hydrogen-bond acceptors (Lipinski definition) is 2. The van der Waals surface area contributed by atoms with Crippen LogP contribution in [-0.2, 0) is 0 Å². The molecule has 3 heteroatoms. The van der Waals surface area contributed by atoms with Gasteiger partial charge in [0.05, 0.1) is 6.33 Å². The van der Waals surface area contributed by atoms with E-state index in [0.717, 1.165) is 6.42 Å². The summed E-state index contributed by atoms with van der Waals surface area (Å²) in [6.45, 7) is 1.95. The lowest BCUT2D eigenvalue weighted by molar-refractivity contribution is 0.102. The molecule has 0 bridgehead atoms. The summed E-state index contributed by atoms with van der Waals surface area (Å²) in [5, 5.41) is 0. The van der Waals surface area contributed by atoms with E-state index in [1.165, 1.54) is 12.8 Å². The fraction of sp³-hybridized carbons (Fsp3) is 0.500. The fourth-order valence-electron chi connectivity index (χ4n) is 1.33. The molecule has 1 aliphatic carbocycles. The van der Waals surface area contributed by atoms with Crippen LogP contribution in [0.1, 0.15) is 42.7 Å². The van der Waals surface area contributed by atoms with Crippen molar-refractivity contribution in [2.24, 2.45) is 0 Å². The van der Waals surface area contributed by atoms with Crippen LogP contribution in [0.25, 0.3) is 0 Å². The molecule has 0 aliphatic heterocycles. The Morgan fingerprint density at radius 2 is 2.54 bits per heavy atom. The average Bonchev–Trinajstić information content (AvgIpc) is 2.84. The molecule has 1 heterocycles. The van der Waals surface area contributed by atoms with Gasteiger partial charge in [-0.25, -0.2) is 4.98 Å². The number of imidazole rings is 1. The second kappa shape index (κ2) is 3.32. The molecule has 0 N–H and O–H groups in total. The van der Waals surface area contributed by atoms with Gasteiger partial charge in [0.15, 0.2) is 5.78 Å². The first-order chi connectivity index (χ1) is 6.31. The quantitative estimate of drug-likeness (QED) is 0.659. The fourth-order valence-corrected chi connectivity index (χ4v) is 1.33. The van der Waals surface area contributed by atoms with Gasteiger partial charge in [-0.3, -0.25) is 4.79 Å². The minimum absolute atomic E-state index is 0.0434. The van der Waals surface area contributed by atoms with Crippen LogP contribution in [0.5, 0.6) is 0 Å². The topological polar surface area (TPSA) is 34.9 Å². The third-order valence-electron chi connectivity index (χ3n) is 2.21. The summed E-state index contributed by atoms with van der Waals surface area (Å²) >= 11 is 0. The molecule has 0 spiro atoms. The van der Waals surface area contributed by atoms with Crippen LogP contribution in [0, 0.1) is 6.42 Å². The van der Waals surface area contributed by atoms with E-state index in [1.54, 1.807) is 12.7 Å². The molecule has 1 aromatic heterocycles. The van der Waals surface area contributed by atoms with Crippen molar-refractivity contribution in [3.8, 4) is 0 Å². The molecule has 0 aromatic carbocycles. The summed E-state index contributed by atoms with van der Waals surface area (Å²) in [7, 11) is 0. The second-order valence-corrected chi connectivity index (χ2v) is 3.41. The lowest BCUT2D eigenvalue weighted by Crippen LogP contribution is -1.99. The molecule has 0 saturated heterocycles. The van der Waals surface area contributed by atoms with Gasteiger partial charge in [-0.05, 0) is 19.3 Å². The number of hydrogen-bond donors (Lipinski definition) is 0. The molecule has 1 fully saturated rings. The maximum absolute atomic E-state index is 11.4. The van der Waals surface area contributed by atoms with Crippen LogP contribution in [0.3, 0.4) is 0 Å². The Labute approximate surface area is 77.8 Å². The number of Topliss-reactive ketones (excluding diaryl/α,β-unsaturated/α-hetero) is 1. The number of rotatable bonds is 4. The van der Waals surface area contributed by atoms with Gasteiger partial charge in [-0.15, -0.1) is 0 Å². The number of aromatic nitrogens is 2. The molecular formula is C10H13N2O. The number of carbonyl (C=O) groups is 1. The van der Waals surface area contributed by atoms with E-state index < -0.39 is 0 Å². The van der Waals surface area contributed by atoms with Crippen LogP contribution in [-0.4, -0.2) is 15.3 Å². The third-order valence-corrected chi connectivity index (χ3v) is 2.21. The summed E-state index contributed by atoms with van der Waals surface area (Å²) in [6.07, 6.45) is 8.50. The second-order valence-electron chi connectivity index (χ2n) is 3.41. The molecule has 1 saturated carbocycles.